The quantitative estimate of drug-likeness (QED) is 0.303. The van der Waals surface area contributed by atoms with Crippen molar-refractivity contribution in [1.82, 2.24) is 10.3 Å². The zero-order chi connectivity index (χ0) is 22.9. The second kappa shape index (κ2) is 8.43. The molecule has 0 aliphatic carbocycles. The molecule has 1 unspecified atom stereocenters. The van der Waals surface area contributed by atoms with E-state index in [4.69, 9.17) is 11.6 Å². The fourth-order valence-corrected chi connectivity index (χ4v) is 2.94. The first-order valence-electron chi connectivity index (χ1n) is 9.21. The molecule has 3 aromatic rings. The van der Waals surface area contributed by atoms with Gasteiger partial charge in [0.2, 0.25) is 0 Å². The fourth-order valence-electron chi connectivity index (χ4n) is 2.78. The van der Waals surface area contributed by atoms with Gasteiger partial charge in [-0.2, -0.15) is 0 Å². The lowest BCUT2D eigenvalue weighted by atomic mass is 9.91. The van der Waals surface area contributed by atoms with Crippen molar-refractivity contribution >= 4 is 34.6 Å². The number of hydrogen-bond acceptors (Lipinski definition) is 6. The van der Waals surface area contributed by atoms with Crippen LogP contribution in [-0.2, 0) is 0 Å². The number of aromatic nitrogens is 1. The highest BCUT2D eigenvalue weighted by Gasteiger charge is 2.31. The van der Waals surface area contributed by atoms with Gasteiger partial charge in [0.05, 0.1) is 5.69 Å². The van der Waals surface area contributed by atoms with Gasteiger partial charge in [-0.1, -0.05) is 32.4 Å². The lowest BCUT2D eigenvalue weighted by Gasteiger charge is -2.33. The molecule has 2 aromatic carbocycles. The molecular weight excluding hydrogens is 430 g/mol. The number of pyridine rings is 1. The van der Waals surface area contributed by atoms with Crippen LogP contribution in [0.5, 0.6) is 0 Å². The van der Waals surface area contributed by atoms with Crippen molar-refractivity contribution in [2.45, 2.75) is 26.9 Å². The Morgan fingerprint density at radius 1 is 1.06 bits per heavy atom. The van der Waals surface area contributed by atoms with Gasteiger partial charge < -0.3 is 16.0 Å². The third-order valence-corrected chi connectivity index (χ3v) is 4.79. The van der Waals surface area contributed by atoms with E-state index < -0.39 is 40.0 Å². The molecule has 31 heavy (non-hydrogen) atoms. The van der Waals surface area contributed by atoms with Crippen LogP contribution in [0.1, 0.15) is 31.1 Å². The summed E-state index contributed by atoms with van der Waals surface area (Å²) in [4.78, 5) is 40.7. The molecule has 0 saturated heterocycles. The lowest BCUT2D eigenvalue weighted by Crippen LogP contribution is -2.51. The van der Waals surface area contributed by atoms with E-state index in [9.17, 15) is 23.2 Å². The van der Waals surface area contributed by atoms with Crippen LogP contribution in [0.3, 0.4) is 0 Å². The van der Waals surface area contributed by atoms with Gasteiger partial charge in [-0.25, -0.2) is 13.8 Å². The second-order valence-electron chi connectivity index (χ2n) is 7.95. The largest absolute Gasteiger partial charge is 0.360 e. The Morgan fingerprint density at radius 3 is 2.26 bits per heavy atom. The number of halogens is 3. The Labute approximate surface area is 181 Å². The summed E-state index contributed by atoms with van der Waals surface area (Å²) in [7, 11) is 0. The van der Waals surface area contributed by atoms with Crippen molar-refractivity contribution < 1.29 is 13.6 Å². The number of nitrogens with zero attached hydrogens (tertiary/aromatic N) is 1. The molecule has 10 heteroatoms. The third kappa shape index (κ3) is 4.88. The van der Waals surface area contributed by atoms with Crippen molar-refractivity contribution in [2.24, 2.45) is 5.41 Å². The number of hydrogen-bond donors (Lipinski definition) is 3. The summed E-state index contributed by atoms with van der Waals surface area (Å²) in [5, 5.41) is 8.35. The average Bonchev–Trinajstić information content (AvgIpc) is 2.68. The van der Waals surface area contributed by atoms with E-state index in [1.54, 1.807) is 32.9 Å². The Hall–Kier alpha value is -3.33. The molecule has 0 fully saturated rings. The van der Waals surface area contributed by atoms with Crippen LogP contribution in [0.15, 0.2) is 46.1 Å². The molecule has 3 N–H and O–H groups in total. The van der Waals surface area contributed by atoms with Gasteiger partial charge in [-0.15, -0.1) is 0 Å². The smallest absolute Gasteiger partial charge is 0.253 e. The Balaban J connectivity index is 1.87. The molecule has 1 atom stereocenters. The number of nitrogens with one attached hydrogen (secondary N) is 3. The maximum Gasteiger partial charge on any atom is 0.253 e. The number of anilines is 3. The average molecular weight is 449 g/mol. The zero-order valence-corrected chi connectivity index (χ0v) is 17.6. The van der Waals surface area contributed by atoms with Crippen LogP contribution in [0, 0.1) is 17.0 Å². The van der Waals surface area contributed by atoms with Crippen LogP contribution in [0.2, 0.25) is 5.15 Å². The molecule has 0 aliphatic heterocycles. The van der Waals surface area contributed by atoms with E-state index in [0.29, 0.717) is 11.8 Å². The number of benzene rings is 1. The van der Waals surface area contributed by atoms with E-state index in [2.05, 4.69) is 20.9 Å². The highest BCUT2D eigenvalue weighted by molar-refractivity contribution is 6.32. The van der Waals surface area contributed by atoms with E-state index in [1.165, 1.54) is 6.20 Å². The Bertz CT molecular complexity index is 1200. The van der Waals surface area contributed by atoms with Crippen molar-refractivity contribution in [1.29, 1.82) is 0 Å². The number of carbonyl (C=O) groups excluding carboxylic acids is 1. The van der Waals surface area contributed by atoms with E-state index in [0.717, 1.165) is 12.1 Å². The predicted molar refractivity (Wildman–Crippen MR) is 115 cm³/mol. The van der Waals surface area contributed by atoms with Crippen LogP contribution < -0.4 is 26.8 Å². The summed E-state index contributed by atoms with van der Waals surface area (Å²) in [5.41, 5.74) is -2.15. The maximum absolute atomic E-state index is 13.5. The predicted octanol–water partition coefficient (Wildman–Crippen LogP) is 3.57. The summed E-state index contributed by atoms with van der Waals surface area (Å²) in [6.07, 6.45) is 0.606. The minimum Gasteiger partial charge on any atom is -0.360 e. The number of amides is 1. The minimum atomic E-state index is -0.896. The van der Waals surface area contributed by atoms with Crippen molar-refractivity contribution in [3.05, 3.63) is 79.3 Å². The Kier molecular flexibility index (Phi) is 6.08. The minimum absolute atomic E-state index is 0.0276. The van der Waals surface area contributed by atoms with Crippen LogP contribution in [0.25, 0.3) is 0 Å². The van der Waals surface area contributed by atoms with Crippen molar-refractivity contribution in [2.75, 3.05) is 10.6 Å². The van der Waals surface area contributed by atoms with Gasteiger partial charge in [-0.05, 0) is 24.3 Å². The SMILES string of the molecule is CC(C)(C)C(NC(=O)c1cc(F)cc(F)c1)Nc1c(Nc2cccnc2Cl)c(=O)c1=O. The van der Waals surface area contributed by atoms with E-state index in [-0.39, 0.29) is 22.1 Å². The van der Waals surface area contributed by atoms with Crippen LogP contribution in [0.4, 0.5) is 25.8 Å². The first kappa shape index (κ1) is 22.4. The van der Waals surface area contributed by atoms with E-state index >= 15 is 0 Å². The lowest BCUT2D eigenvalue weighted by molar-refractivity contribution is 0.0912. The van der Waals surface area contributed by atoms with E-state index in [1.807, 2.05) is 0 Å². The molecule has 3 rings (SSSR count). The van der Waals surface area contributed by atoms with Crippen molar-refractivity contribution in [3.8, 4) is 0 Å². The fraction of sp³-hybridized carbons (Fsp3) is 0.238. The Morgan fingerprint density at radius 2 is 1.68 bits per heavy atom. The van der Waals surface area contributed by atoms with Gasteiger partial charge in [0.1, 0.15) is 29.2 Å². The normalized spacial score (nSPS) is 12.5. The number of carbonyl (C=O) groups is 1. The first-order chi connectivity index (χ1) is 14.5. The second-order valence-corrected chi connectivity index (χ2v) is 8.31. The number of rotatable bonds is 6. The molecule has 0 radical (unpaired) electrons. The molecule has 1 amide bonds. The molecule has 7 nitrogen and oxygen atoms in total. The molecule has 0 aliphatic rings. The van der Waals surface area contributed by atoms with Gasteiger partial charge in [0.15, 0.2) is 5.15 Å². The third-order valence-electron chi connectivity index (χ3n) is 4.48. The zero-order valence-electron chi connectivity index (χ0n) is 16.8. The van der Waals surface area contributed by atoms with Gasteiger partial charge in [0, 0.05) is 23.2 Å². The topological polar surface area (TPSA) is 100 Å². The highest BCUT2D eigenvalue weighted by Crippen LogP contribution is 2.28. The molecule has 0 saturated carbocycles. The summed E-state index contributed by atoms with van der Waals surface area (Å²) < 4.78 is 26.9. The first-order valence-corrected chi connectivity index (χ1v) is 9.59. The van der Waals surface area contributed by atoms with Crippen LogP contribution >= 0.6 is 11.6 Å². The molecule has 1 aromatic heterocycles. The van der Waals surface area contributed by atoms with Gasteiger partial charge in [-0.3, -0.25) is 14.4 Å². The summed E-state index contributed by atoms with van der Waals surface area (Å²) in [6.45, 7) is 5.31. The summed E-state index contributed by atoms with van der Waals surface area (Å²) in [5.74, 6) is -2.55. The van der Waals surface area contributed by atoms with Gasteiger partial charge in [0.25, 0.3) is 16.8 Å². The summed E-state index contributed by atoms with van der Waals surface area (Å²) in [6, 6.07) is 5.63. The molecular formula is C21H19ClF2N4O3. The monoisotopic (exact) mass is 448 g/mol. The van der Waals surface area contributed by atoms with Gasteiger partial charge >= 0.3 is 0 Å². The van der Waals surface area contributed by atoms with Crippen molar-refractivity contribution in [3.63, 3.8) is 0 Å². The maximum atomic E-state index is 13.5. The van der Waals surface area contributed by atoms with Crippen LogP contribution in [-0.4, -0.2) is 17.1 Å². The molecule has 0 spiro atoms. The molecule has 162 valence electrons. The molecule has 1 heterocycles. The summed E-state index contributed by atoms with van der Waals surface area (Å²) >= 11 is 5.99. The highest BCUT2D eigenvalue weighted by atomic mass is 35.5. The standard InChI is InChI=1S/C21H19ClF2N4O3/c1-21(2,3)20(28-19(31)10-7-11(23)9-12(24)8-10)27-15-14(16(29)17(15)30)26-13-5-4-6-25-18(13)22/h4-9,20,26-27H,1-3H3,(H,28,31). The molecule has 0 bridgehead atoms.